The molecule has 6 heteroatoms. The topological polar surface area (TPSA) is 91.8 Å². The fourth-order valence-corrected chi connectivity index (χ4v) is 1.03. The Balaban J connectivity index is 3.11. The molecule has 0 amide bonds. The maximum Gasteiger partial charge on any atom is 0.289 e. The SMILES string of the molecule is CC(C)Nc1ncc([N+](=O)[O-])cc1C#N. The largest absolute Gasteiger partial charge is 0.367 e. The molecule has 78 valence electrons. The zero-order valence-electron chi connectivity index (χ0n) is 8.39. The second-order valence-electron chi connectivity index (χ2n) is 3.26. The van der Waals surface area contributed by atoms with Crippen LogP contribution in [-0.4, -0.2) is 15.9 Å². The van der Waals surface area contributed by atoms with Crippen molar-refractivity contribution >= 4 is 11.5 Å². The first-order chi connectivity index (χ1) is 7.04. The number of nitrogens with zero attached hydrogens (tertiary/aromatic N) is 3. The molecule has 0 fully saturated rings. The van der Waals surface area contributed by atoms with Crippen LogP contribution in [0.25, 0.3) is 0 Å². The van der Waals surface area contributed by atoms with E-state index in [0.717, 1.165) is 6.20 Å². The minimum atomic E-state index is -0.576. The van der Waals surface area contributed by atoms with Gasteiger partial charge in [0.05, 0.1) is 4.92 Å². The van der Waals surface area contributed by atoms with E-state index in [0.29, 0.717) is 5.82 Å². The molecule has 1 aromatic rings. The van der Waals surface area contributed by atoms with Crippen LogP contribution in [0.1, 0.15) is 19.4 Å². The highest BCUT2D eigenvalue weighted by molar-refractivity contribution is 5.55. The van der Waals surface area contributed by atoms with Gasteiger partial charge in [0.1, 0.15) is 23.6 Å². The third-order valence-electron chi connectivity index (χ3n) is 1.63. The van der Waals surface area contributed by atoms with Crippen molar-refractivity contribution in [3.05, 3.63) is 27.9 Å². The Kier molecular flexibility index (Phi) is 3.18. The Hall–Kier alpha value is -2.16. The lowest BCUT2D eigenvalue weighted by atomic mass is 10.2. The van der Waals surface area contributed by atoms with Gasteiger partial charge < -0.3 is 5.32 Å². The molecule has 0 bridgehead atoms. The van der Waals surface area contributed by atoms with Crippen molar-refractivity contribution < 1.29 is 4.92 Å². The van der Waals surface area contributed by atoms with Gasteiger partial charge in [-0.15, -0.1) is 0 Å². The molecule has 1 heterocycles. The van der Waals surface area contributed by atoms with Crippen molar-refractivity contribution in [1.29, 1.82) is 5.26 Å². The minimum absolute atomic E-state index is 0.117. The number of anilines is 1. The molecule has 0 aromatic carbocycles. The van der Waals surface area contributed by atoms with E-state index in [1.165, 1.54) is 6.07 Å². The highest BCUT2D eigenvalue weighted by atomic mass is 16.6. The van der Waals surface area contributed by atoms with Crippen LogP contribution in [-0.2, 0) is 0 Å². The zero-order valence-corrected chi connectivity index (χ0v) is 8.39. The number of rotatable bonds is 3. The Bertz CT molecular complexity index is 423. The van der Waals surface area contributed by atoms with E-state index in [-0.39, 0.29) is 17.3 Å². The molecule has 0 aliphatic rings. The van der Waals surface area contributed by atoms with Crippen LogP contribution < -0.4 is 5.32 Å². The Morgan fingerprint density at radius 1 is 1.67 bits per heavy atom. The zero-order chi connectivity index (χ0) is 11.4. The number of pyridine rings is 1. The summed E-state index contributed by atoms with van der Waals surface area (Å²) in [5, 5.41) is 22.2. The van der Waals surface area contributed by atoms with Crippen molar-refractivity contribution in [2.24, 2.45) is 0 Å². The molecule has 15 heavy (non-hydrogen) atoms. The molecule has 0 aliphatic heterocycles. The van der Waals surface area contributed by atoms with Gasteiger partial charge in [0, 0.05) is 12.1 Å². The van der Waals surface area contributed by atoms with Gasteiger partial charge in [-0.1, -0.05) is 0 Å². The number of aromatic nitrogens is 1. The van der Waals surface area contributed by atoms with Crippen LogP contribution in [0.4, 0.5) is 11.5 Å². The fourth-order valence-electron chi connectivity index (χ4n) is 1.03. The molecule has 0 saturated heterocycles. The van der Waals surface area contributed by atoms with Crippen LogP contribution in [0.15, 0.2) is 12.3 Å². The van der Waals surface area contributed by atoms with Crippen molar-refractivity contribution in [1.82, 2.24) is 4.98 Å². The van der Waals surface area contributed by atoms with Crippen LogP contribution >= 0.6 is 0 Å². The van der Waals surface area contributed by atoms with Gasteiger partial charge in [0.15, 0.2) is 0 Å². The van der Waals surface area contributed by atoms with E-state index >= 15 is 0 Å². The quantitative estimate of drug-likeness (QED) is 0.600. The van der Waals surface area contributed by atoms with Crippen LogP contribution in [0.3, 0.4) is 0 Å². The van der Waals surface area contributed by atoms with Gasteiger partial charge in [-0.05, 0) is 13.8 Å². The first kappa shape index (κ1) is 10.9. The number of hydrogen-bond donors (Lipinski definition) is 1. The molecule has 1 rings (SSSR count). The molecule has 0 saturated carbocycles. The van der Waals surface area contributed by atoms with Crippen molar-refractivity contribution in [3.63, 3.8) is 0 Å². The van der Waals surface area contributed by atoms with Crippen molar-refractivity contribution in [3.8, 4) is 6.07 Å². The number of nitriles is 1. The molecule has 0 atom stereocenters. The molecule has 1 aromatic heterocycles. The number of hydrogen-bond acceptors (Lipinski definition) is 5. The number of nitrogens with one attached hydrogen (secondary N) is 1. The molecular weight excluding hydrogens is 196 g/mol. The lowest BCUT2D eigenvalue weighted by Crippen LogP contribution is -2.12. The summed E-state index contributed by atoms with van der Waals surface area (Å²) in [6.45, 7) is 3.79. The van der Waals surface area contributed by atoms with Crippen LogP contribution in [0.5, 0.6) is 0 Å². The van der Waals surface area contributed by atoms with E-state index in [9.17, 15) is 10.1 Å². The Morgan fingerprint density at radius 3 is 2.80 bits per heavy atom. The average Bonchev–Trinajstić information content (AvgIpc) is 2.17. The summed E-state index contributed by atoms with van der Waals surface area (Å²) in [5.74, 6) is 0.373. The summed E-state index contributed by atoms with van der Waals surface area (Å²) in [6.07, 6.45) is 1.13. The fraction of sp³-hybridized carbons (Fsp3) is 0.333. The lowest BCUT2D eigenvalue weighted by molar-refractivity contribution is -0.385. The smallest absolute Gasteiger partial charge is 0.289 e. The summed E-state index contributed by atoms with van der Waals surface area (Å²) >= 11 is 0. The highest BCUT2D eigenvalue weighted by Crippen LogP contribution is 2.18. The maximum absolute atomic E-state index is 10.4. The normalized spacial score (nSPS) is 9.73. The van der Waals surface area contributed by atoms with E-state index in [1.54, 1.807) is 0 Å². The predicted molar refractivity (Wildman–Crippen MR) is 54.4 cm³/mol. The van der Waals surface area contributed by atoms with E-state index in [1.807, 2.05) is 19.9 Å². The monoisotopic (exact) mass is 206 g/mol. The van der Waals surface area contributed by atoms with Gasteiger partial charge in [-0.25, -0.2) is 4.98 Å². The molecule has 6 nitrogen and oxygen atoms in total. The van der Waals surface area contributed by atoms with Crippen molar-refractivity contribution in [2.75, 3.05) is 5.32 Å². The minimum Gasteiger partial charge on any atom is -0.367 e. The van der Waals surface area contributed by atoms with E-state index in [2.05, 4.69) is 10.3 Å². The van der Waals surface area contributed by atoms with Gasteiger partial charge in [-0.2, -0.15) is 5.26 Å². The summed E-state index contributed by atoms with van der Waals surface area (Å²) in [7, 11) is 0. The Labute approximate surface area is 86.7 Å². The van der Waals surface area contributed by atoms with Gasteiger partial charge >= 0.3 is 0 Å². The first-order valence-electron chi connectivity index (χ1n) is 4.35. The summed E-state index contributed by atoms with van der Waals surface area (Å²) in [4.78, 5) is 13.7. The number of nitro groups is 1. The third-order valence-corrected chi connectivity index (χ3v) is 1.63. The second-order valence-corrected chi connectivity index (χ2v) is 3.26. The summed E-state index contributed by atoms with van der Waals surface area (Å²) < 4.78 is 0. The van der Waals surface area contributed by atoms with Crippen LogP contribution in [0.2, 0.25) is 0 Å². The molecule has 0 radical (unpaired) electrons. The molecule has 0 spiro atoms. The molecule has 0 unspecified atom stereocenters. The van der Waals surface area contributed by atoms with E-state index in [4.69, 9.17) is 5.26 Å². The summed E-state index contributed by atoms with van der Waals surface area (Å²) in [5.41, 5.74) is -0.00115. The summed E-state index contributed by atoms with van der Waals surface area (Å²) in [6, 6.07) is 3.19. The highest BCUT2D eigenvalue weighted by Gasteiger charge is 2.12. The van der Waals surface area contributed by atoms with E-state index < -0.39 is 4.92 Å². The van der Waals surface area contributed by atoms with Gasteiger partial charge in [-0.3, -0.25) is 10.1 Å². The predicted octanol–water partition coefficient (Wildman–Crippen LogP) is 1.68. The molecule has 0 aliphatic carbocycles. The average molecular weight is 206 g/mol. The molecular formula is C9H10N4O2. The second kappa shape index (κ2) is 4.37. The van der Waals surface area contributed by atoms with Crippen LogP contribution in [0, 0.1) is 21.4 Å². The maximum atomic E-state index is 10.4. The van der Waals surface area contributed by atoms with Gasteiger partial charge in [0.2, 0.25) is 0 Å². The lowest BCUT2D eigenvalue weighted by Gasteiger charge is -2.09. The Morgan fingerprint density at radius 2 is 2.33 bits per heavy atom. The standard InChI is InChI=1S/C9H10N4O2/c1-6(2)12-9-7(4-10)3-8(5-11-9)13(14)15/h3,5-6H,1-2H3,(H,11,12). The van der Waals surface area contributed by atoms with Gasteiger partial charge in [0.25, 0.3) is 5.69 Å². The van der Waals surface area contributed by atoms with Crippen molar-refractivity contribution in [2.45, 2.75) is 19.9 Å². The third kappa shape index (κ3) is 2.64. The molecule has 1 N–H and O–H groups in total. The first-order valence-corrected chi connectivity index (χ1v) is 4.35.